The number of morpholine rings is 1. The molecule has 0 amide bonds. The fourth-order valence-corrected chi connectivity index (χ4v) is 2.25. The summed E-state index contributed by atoms with van der Waals surface area (Å²) in [7, 11) is 0. The largest absolute Gasteiger partial charge is 0.378 e. The molecule has 2 saturated heterocycles. The van der Waals surface area contributed by atoms with E-state index in [1.165, 1.54) is 25.8 Å². The van der Waals surface area contributed by atoms with E-state index >= 15 is 0 Å². The Balaban J connectivity index is 2.06. The van der Waals surface area contributed by atoms with E-state index in [0.29, 0.717) is 5.54 Å². The van der Waals surface area contributed by atoms with Gasteiger partial charge in [-0.1, -0.05) is 6.42 Å². The van der Waals surface area contributed by atoms with Crippen molar-refractivity contribution in [3.8, 4) is 0 Å². The first kappa shape index (κ1) is 7.56. The third-order valence-corrected chi connectivity index (χ3v) is 3.08. The van der Waals surface area contributed by atoms with Crippen LogP contribution >= 0.6 is 0 Å². The number of fused-ring (bicyclic) bond motifs is 1. The summed E-state index contributed by atoms with van der Waals surface area (Å²) < 4.78 is 5.50. The van der Waals surface area contributed by atoms with Gasteiger partial charge in [-0.25, -0.2) is 0 Å². The maximum atomic E-state index is 5.50. The Hall–Kier alpha value is -0.0800. The highest BCUT2D eigenvalue weighted by molar-refractivity contribution is 4.91. The highest BCUT2D eigenvalue weighted by Gasteiger charge is 2.36. The van der Waals surface area contributed by atoms with E-state index < -0.39 is 0 Å². The summed E-state index contributed by atoms with van der Waals surface area (Å²) in [5, 5.41) is 0. The van der Waals surface area contributed by atoms with Crippen LogP contribution in [0.3, 0.4) is 0 Å². The van der Waals surface area contributed by atoms with Crippen LogP contribution in [0.5, 0.6) is 0 Å². The Morgan fingerprint density at radius 1 is 1.27 bits per heavy atom. The molecule has 1 atom stereocenters. The van der Waals surface area contributed by atoms with Crippen LogP contribution in [0.25, 0.3) is 0 Å². The van der Waals surface area contributed by atoms with Gasteiger partial charge >= 0.3 is 0 Å². The number of hydrogen-bond donors (Lipinski definition) is 0. The first-order valence-electron chi connectivity index (χ1n) is 4.64. The average molecular weight is 155 g/mol. The predicted molar refractivity (Wildman–Crippen MR) is 44.6 cm³/mol. The van der Waals surface area contributed by atoms with Gasteiger partial charge in [0.25, 0.3) is 0 Å². The van der Waals surface area contributed by atoms with Crippen molar-refractivity contribution in [2.45, 2.75) is 31.7 Å². The van der Waals surface area contributed by atoms with Crippen LogP contribution < -0.4 is 0 Å². The van der Waals surface area contributed by atoms with E-state index in [-0.39, 0.29) is 0 Å². The van der Waals surface area contributed by atoms with Gasteiger partial charge in [0.15, 0.2) is 0 Å². The zero-order chi connectivity index (χ0) is 7.73. The quantitative estimate of drug-likeness (QED) is 0.522. The van der Waals surface area contributed by atoms with Crippen molar-refractivity contribution in [1.29, 1.82) is 0 Å². The van der Waals surface area contributed by atoms with Gasteiger partial charge in [0.1, 0.15) is 0 Å². The molecule has 0 aromatic rings. The molecular weight excluding hydrogens is 138 g/mol. The summed E-state index contributed by atoms with van der Waals surface area (Å²) in [6.07, 6.45) is 4.10. The van der Waals surface area contributed by atoms with E-state index in [4.69, 9.17) is 4.74 Å². The van der Waals surface area contributed by atoms with Crippen LogP contribution in [0.1, 0.15) is 26.2 Å². The van der Waals surface area contributed by atoms with Crippen molar-refractivity contribution in [1.82, 2.24) is 4.90 Å². The summed E-state index contributed by atoms with van der Waals surface area (Å²) in [4.78, 5) is 2.60. The Morgan fingerprint density at radius 3 is 3.00 bits per heavy atom. The maximum Gasteiger partial charge on any atom is 0.0648 e. The van der Waals surface area contributed by atoms with Crippen LogP contribution in [0.2, 0.25) is 0 Å². The van der Waals surface area contributed by atoms with Gasteiger partial charge in [-0.2, -0.15) is 0 Å². The summed E-state index contributed by atoms with van der Waals surface area (Å²) in [6, 6.07) is 0. The minimum atomic E-state index is 0.385. The molecule has 0 spiro atoms. The Kier molecular flexibility index (Phi) is 1.90. The Bertz CT molecular complexity index is 134. The van der Waals surface area contributed by atoms with E-state index in [9.17, 15) is 0 Å². The summed E-state index contributed by atoms with van der Waals surface area (Å²) in [5.41, 5.74) is 0.385. The van der Waals surface area contributed by atoms with E-state index in [1.807, 2.05) is 0 Å². The lowest BCUT2D eigenvalue weighted by molar-refractivity contribution is -0.0776. The number of ether oxygens (including phenoxy) is 1. The summed E-state index contributed by atoms with van der Waals surface area (Å²) in [6.45, 7) is 6.67. The molecule has 2 heteroatoms. The third kappa shape index (κ3) is 1.30. The SMILES string of the molecule is CC12CCCCN1CCOC2. The van der Waals surface area contributed by atoms with Gasteiger partial charge in [0.05, 0.1) is 13.2 Å². The molecule has 0 aromatic heterocycles. The zero-order valence-electron chi connectivity index (χ0n) is 7.31. The average Bonchev–Trinajstić information content (AvgIpc) is 2.03. The van der Waals surface area contributed by atoms with E-state index in [0.717, 1.165) is 19.8 Å². The Morgan fingerprint density at radius 2 is 2.18 bits per heavy atom. The highest BCUT2D eigenvalue weighted by atomic mass is 16.5. The molecule has 0 aromatic carbocycles. The molecule has 2 rings (SSSR count). The van der Waals surface area contributed by atoms with Crippen molar-refractivity contribution in [3.63, 3.8) is 0 Å². The third-order valence-electron chi connectivity index (χ3n) is 3.08. The molecule has 0 bridgehead atoms. The molecule has 1 unspecified atom stereocenters. The first-order chi connectivity index (χ1) is 5.31. The van der Waals surface area contributed by atoms with Gasteiger partial charge in [0.2, 0.25) is 0 Å². The molecule has 2 fully saturated rings. The minimum Gasteiger partial charge on any atom is -0.378 e. The van der Waals surface area contributed by atoms with Crippen LogP contribution in [-0.4, -0.2) is 36.7 Å². The molecule has 2 aliphatic rings. The van der Waals surface area contributed by atoms with Gasteiger partial charge in [-0.05, 0) is 26.3 Å². The van der Waals surface area contributed by atoms with Crippen molar-refractivity contribution in [2.24, 2.45) is 0 Å². The second-order valence-corrected chi connectivity index (χ2v) is 3.99. The molecule has 0 aliphatic carbocycles. The number of nitrogens with zero attached hydrogens (tertiary/aromatic N) is 1. The lowest BCUT2D eigenvalue weighted by Crippen LogP contribution is -2.57. The van der Waals surface area contributed by atoms with Crippen molar-refractivity contribution in [3.05, 3.63) is 0 Å². The van der Waals surface area contributed by atoms with Crippen LogP contribution in [-0.2, 0) is 4.74 Å². The molecular formula is C9H17NO. The van der Waals surface area contributed by atoms with Gasteiger partial charge < -0.3 is 4.74 Å². The molecule has 11 heavy (non-hydrogen) atoms. The van der Waals surface area contributed by atoms with Crippen molar-refractivity contribution < 1.29 is 4.74 Å². The smallest absolute Gasteiger partial charge is 0.0648 e. The molecule has 0 radical (unpaired) electrons. The molecule has 2 aliphatic heterocycles. The molecule has 0 saturated carbocycles. The Labute approximate surface area is 68.5 Å². The fourth-order valence-electron chi connectivity index (χ4n) is 2.25. The molecule has 0 N–H and O–H groups in total. The molecule has 2 heterocycles. The van der Waals surface area contributed by atoms with E-state index in [1.54, 1.807) is 0 Å². The molecule has 2 nitrogen and oxygen atoms in total. The summed E-state index contributed by atoms with van der Waals surface area (Å²) >= 11 is 0. The standard InChI is InChI=1S/C9H17NO/c1-9-4-2-3-5-10(9)6-7-11-8-9/h2-8H2,1H3. The van der Waals surface area contributed by atoms with Gasteiger partial charge in [-0.15, -0.1) is 0 Å². The normalized spacial score (nSPS) is 40.1. The second-order valence-electron chi connectivity index (χ2n) is 3.99. The zero-order valence-corrected chi connectivity index (χ0v) is 7.31. The highest BCUT2D eigenvalue weighted by Crippen LogP contribution is 2.29. The summed E-state index contributed by atoms with van der Waals surface area (Å²) in [5.74, 6) is 0. The van der Waals surface area contributed by atoms with Crippen LogP contribution in [0.4, 0.5) is 0 Å². The van der Waals surface area contributed by atoms with E-state index in [2.05, 4.69) is 11.8 Å². The van der Waals surface area contributed by atoms with Crippen molar-refractivity contribution >= 4 is 0 Å². The monoisotopic (exact) mass is 155 g/mol. The van der Waals surface area contributed by atoms with Crippen molar-refractivity contribution in [2.75, 3.05) is 26.3 Å². The number of piperidine rings is 1. The van der Waals surface area contributed by atoms with Gasteiger partial charge in [0, 0.05) is 12.1 Å². The lowest BCUT2D eigenvalue weighted by atomic mass is 9.88. The maximum absolute atomic E-state index is 5.50. The predicted octanol–water partition coefficient (Wildman–Crippen LogP) is 1.26. The minimum absolute atomic E-state index is 0.385. The fraction of sp³-hybridized carbons (Fsp3) is 1.00. The van der Waals surface area contributed by atoms with Crippen LogP contribution in [0.15, 0.2) is 0 Å². The van der Waals surface area contributed by atoms with Gasteiger partial charge in [-0.3, -0.25) is 4.90 Å². The first-order valence-corrected chi connectivity index (χ1v) is 4.64. The topological polar surface area (TPSA) is 12.5 Å². The number of rotatable bonds is 0. The molecule has 64 valence electrons. The lowest BCUT2D eigenvalue weighted by Gasteiger charge is -2.47. The second kappa shape index (κ2) is 2.76. The number of hydrogen-bond acceptors (Lipinski definition) is 2. The van der Waals surface area contributed by atoms with Crippen LogP contribution in [0, 0.1) is 0 Å².